The molecule has 0 saturated heterocycles. The number of aliphatic imine (C=N–C) groups is 1. The van der Waals surface area contributed by atoms with Crippen LogP contribution in [0.4, 0.5) is 0 Å². The molecule has 1 aromatic carbocycles. The van der Waals surface area contributed by atoms with Crippen LogP contribution in [-0.2, 0) is 11.2 Å². The van der Waals surface area contributed by atoms with Crippen molar-refractivity contribution in [3.8, 4) is 0 Å². The molecule has 0 aromatic heterocycles. The summed E-state index contributed by atoms with van der Waals surface area (Å²) in [5, 5.41) is 6.41. The molecule has 0 spiro atoms. The minimum absolute atomic E-state index is 0.0283. The first kappa shape index (κ1) is 17.8. The van der Waals surface area contributed by atoms with Gasteiger partial charge in [-0.2, -0.15) is 0 Å². The molecule has 5 nitrogen and oxygen atoms in total. The molecule has 1 amide bonds. The number of hydrogen-bond acceptors (Lipinski definition) is 2. The first-order chi connectivity index (χ1) is 10.5. The summed E-state index contributed by atoms with van der Waals surface area (Å²) >= 11 is 0. The van der Waals surface area contributed by atoms with E-state index in [1.807, 2.05) is 25.1 Å². The van der Waals surface area contributed by atoms with Crippen LogP contribution in [0.2, 0.25) is 0 Å². The number of carbonyl (C=O) groups excluding carboxylic acids is 1. The summed E-state index contributed by atoms with van der Waals surface area (Å²) < 4.78 is 0. The fraction of sp³-hybridized carbons (Fsp3) is 0.412. The number of benzene rings is 1. The molecule has 22 heavy (non-hydrogen) atoms. The van der Waals surface area contributed by atoms with E-state index in [0.717, 1.165) is 18.5 Å². The number of amides is 1. The third-order valence-corrected chi connectivity index (χ3v) is 2.98. The zero-order valence-corrected chi connectivity index (χ0v) is 13.7. The summed E-state index contributed by atoms with van der Waals surface area (Å²) in [6, 6.07) is 10.2. The molecule has 2 N–H and O–H groups in total. The molecular formula is C17H26N4O. The van der Waals surface area contributed by atoms with Crippen LogP contribution in [0.25, 0.3) is 0 Å². The number of nitrogens with zero attached hydrogens (tertiary/aromatic N) is 2. The van der Waals surface area contributed by atoms with Gasteiger partial charge in [-0.25, -0.2) is 4.99 Å². The summed E-state index contributed by atoms with van der Waals surface area (Å²) in [7, 11) is 3.45. The van der Waals surface area contributed by atoms with Crippen LogP contribution in [0.1, 0.15) is 12.5 Å². The fourth-order valence-electron chi connectivity index (χ4n) is 1.67. The molecule has 1 aromatic rings. The summed E-state index contributed by atoms with van der Waals surface area (Å²) in [6.45, 7) is 7.32. The highest BCUT2D eigenvalue weighted by Gasteiger charge is 2.04. The normalized spacial score (nSPS) is 11.0. The Morgan fingerprint density at radius 1 is 1.23 bits per heavy atom. The average Bonchev–Trinajstić information content (AvgIpc) is 2.49. The topological polar surface area (TPSA) is 56.7 Å². The van der Waals surface area contributed by atoms with E-state index in [0.29, 0.717) is 12.5 Å². The van der Waals surface area contributed by atoms with Gasteiger partial charge >= 0.3 is 0 Å². The Morgan fingerprint density at radius 2 is 1.91 bits per heavy atom. The fourth-order valence-corrected chi connectivity index (χ4v) is 1.67. The van der Waals surface area contributed by atoms with Crippen LogP contribution in [-0.4, -0.2) is 50.5 Å². The van der Waals surface area contributed by atoms with E-state index < -0.39 is 0 Å². The highest BCUT2D eigenvalue weighted by atomic mass is 16.2. The highest BCUT2D eigenvalue weighted by Crippen LogP contribution is 1.98. The molecular weight excluding hydrogens is 276 g/mol. The van der Waals surface area contributed by atoms with E-state index >= 15 is 0 Å². The maximum atomic E-state index is 11.6. The van der Waals surface area contributed by atoms with Gasteiger partial charge in [0.2, 0.25) is 5.91 Å². The second kappa shape index (κ2) is 9.60. The van der Waals surface area contributed by atoms with Crippen LogP contribution in [0.5, 0.6) is 0 Å². The summed E-state index contributed by atoms with van der Waals surface area (Å²) in [5.74, 6) is 0.605. The Balaban J connectivity index is 2.51. The second-order valence-electron chi connectivity index (χ2n) is 5.43. The maximum Gasteiger partial charge on any atom is 0.243 e. The van der Waals surface area contributed by atoms with E-state index in [2.05, 4.69) is 34.3 Å². The van der Waals surface area contributed by atoms with Crippen LogP contribution in [0.3, 0.4) is 0 Å². The SMILES string of the molecule is C=C(C)CNC(=NCC(=O)N(C)C)NCCc1ccccc1. The van der Waals surface area contributed by atoms with Gasteiger partial charge in [0.1, 0.15) is 6.54 Å². The second-order valence-corrected chi connectivity index (χ2v) is 5.43. The Kier molecular flexibility index (Phi) is 7.75. The molecule has 0 radical (unpaired) electrons. The summed E-state index contributed by atoms with van der Waals surface area (Å²) in [6.07, 6.45) is 0.899. The minimum atomic E-state index is -0.0283. The Hall–Kier alpha value is -2.30. The van der Waals surface area contributed by atoms with Gasteiger partial charge in [-0.3, -0.25) is 4.79 Å². The van der Waals surface area contributed by atoms with Crippen molar-refractivity contribution in [2.24, 2.45) is 4.99 Å². The Morgan fingerprint density at radius 3 is 2.50 bits per heavy atom. The molecule has 0 aliphatic carbocycles. The van der Waals surface area contributed by atoms with Gasteiger partial charge < -0.3 is 15.5 Å². The molecule has 1 rings (SSSR count). The van der Waals surface area contributed by atoms with Gasteiger partial charge in [-0.15, -0.1) is 0 Å². The molecule has 0 bridgehead atoms. The quantitative estimate of drug-likeness (QED) is 0.455. The van der Waals surface area contributed by atoms with Crippen molar-refractivity contribution in [3.05, 3.63) is 48.0 Å². The van der Waals surface area contributed by atoms with E-state index in [1.165, 1.54) is 10.5 Å². The summed E-state index contributed by atoms with van der Waals surface area (Å²) in [4.78, 5) is 17.5. The third-order valence-electron chi connectivity index (χ3n) is 2.98. The molecule has 0 saturated carbocycles. The van der Waals surface area contributed by atoms with Crippen molar-refractivity contribution in [2.45, 2.75) is 13.3 Å². The smallest absolute Gasteiger partial charge is 0.243 e. The van der Waals surface area contributed by atoms with Crippen LogP contribution in [0, 0.1) is 0 Å². The third kappa shape index (κ3) is 7.47. The minimum Gasteiger partial charge on any atom is -0.356 e. The van der Waals surface area contributed by atoms with Gasteiger partial charge in [-0.05, 0) is 18.9 Å². The molecule has 0 fully saturated rings. The number of rotatable bonds is 7. The molecule has 0 heterocycles. The number of carbonyl (C=O) groups is 1. The zero-order chi connectivity index (χ0) is 16.4. The largest absolute Gasteiger partial charge is 0.356 e. The molecule has 0 unspecified atom stereocenters. The number of nitrogens with one attached hydrogen (secondary N) is 2. The highest BCUT2D eigenvalue weighted by molar-refractivity contribution is 5.84. The number of guanidine groups is 1. The lowest BCUT2D eigenvalue weighted by Gasteiger charge is -2.13. The first-order valence-corrected chi connectivity index (χ1v) is 7.39. The Bertz CT molecular complexity index is 509. The lowest BCUT2D eigenvalue weighted by Crippen LogP contribution is -2.40. The van der Waals surface area contributed by atoms with Crippen molar-refractivity contribution in [3.63, 3.8) is 0 Å². The molecule has 0 aliphatic rings. The zero-order valence-electron chi connectivity index (χ0n) is 13.7. The standard InChI is InChI=1S/C17H26N4O/c1-14(2)12-19-17(20-13-16(22)21(3)4)18-11-10-15-8-6-5-7-9-15/h5-9H,1,10-13H2,2-4H3,(H2,18,19,20). The van der Waals surface area contributed by atoms with E-state index in [4.69, 9.17) is 0 Å². The lowest BCUT2D eigenvalue weighted by atomic mass is 10.1. The van der Waals surface area contributed by atoms with Gasteiger partial charge in [0.15, 0.2) is 5.96 Å². The van der Waals surface area contributed by atoms with Crippen molar-refractivity contribution in [1.29, 1.82) is 0 Å². The van der Waals surface area contributed by atoms with Crippen molar-refractivity contribution < 1.29 is 4.79 Å². The maximum absolute atomic E-state index is 11.6. The van der Waals surface area contributed by atoms with Crippen LogP contribution < -0.4 is 10.6 Å². The van der Waals surface area contributed by atoms with Crippen molar-refractivity contribution in [1.82, 2.24) is 15.5 Å². The number of likely N-dealkylation sites (N-methyl/N-ethyl adjacent to an activating group) is 1. The van der Waals surface area contributed by atoms with Gasteiger partial charge in [-0.1, -0.05) is 42.5 Å². The van der Waals surface area contributed by atoms with E-state index in [-0.39, 0.29) is 12.5 Å². The van der Waals surface area contributed by atoms with E-state index in [9.17, 15) is 4.79 Å². The predicted octanol–water partition coefficient (Wildman–Crippen LogP) is 1.43. The van der Waals surface area contributed by atoms with Gasteiger partial charge in [0, 0.05) is 27.2 Å². The molecule has 0 aliphatic heterocycles. The monoisotopic (exact) mass is 302 g/mol. The molecule has 120 valence electrons. The van der Waals surface area contributed by atoms with Gasteiger partial charge in [0.05, 0.1) is 0 Å². The van der Waals surface area contributed by atoms with E-state index in [1.54, 1.807) is 14.1 Å². The van der Waals surface area contributed by atoms with Gasteiger partial charge in [0.25, 0.3) is 0 Å². The van der Waals surface area contributed by atoms with Crippen molar-refractivity contribution >= 4 is 11.9 Å². The first-order valence-electron chi connectivity index (χ1n) is 7.39. The Labute approximate surface area is 133 Å². The number of hydrogen-bond donors (Lipinski definition) is 2. The van der Waals surface area contributed by atoms with Crippen molar-refractivity contribution in [2.75, 3.05) is 33.7 Å². The average molecular weight is 302 g/mol. The summed E-state index contributed by atoms with van der Waals surface area (Å²) in [5.41, 5.74) is 2.27. The van der Waals surface area contributed by atoms with Crippen LogP contribution >= 0.6 is 0 Å². The predicted molar refractivity (Wildman–Crippen MR) is 92.0 cm³/mol. The lowest BCUT2D eigenvalue weighted by molar-refractivity contribution is -0.127. The van der Waals surface area contributed by atoms with Crippen LogP contribution in [0.15, 0.2) is 47.5 Å². The molecule has 0 atom stereocenters. The molecule has 5 heteroatoms.